The summed E-state index contributed by atoms with van der Waals surface area (Å²) in [5, 5.41) is 22.2. The number of hydrogen-bond acceptors (Lipinski definition) is 8. The summed E-state index contributed by atoms with van der Waals surface area (Å²) in [5.41, 5.74) is 0.698. The maximum atomic E-state index is 12.7. The predicted molar refractivity (Wildman–Crippen MR) is 135 cm³/mol. The van der Waals surface area contributed by atoms with Crippen molar-refractivity contribution in [3.63, 3.8) is 0 Å². The summed E-state index contributed by atoms with van der Waals surface area (Å²) in [6.45, 7) is 4.44. The van der Waals surface area contributed by atoms with Crippen LogP contribution in [0.5, 0.6) is 0 Å². The summed E-state index contributed by atoms with van der Waals surface area (Å²) in [4.78, 5) is 52.0. The maximum Gasteiger partial charge on any atom is 0.490 e. The molecule has 2 aliphatic heterocycles. The Morgan fingerprint density at radius 3 is 2.10 bits per heavy atom. The van der Waals surface area contributed by atoms with E-state index in [4.69, 9.17) is 19.8 Å². The van der Waals surface area contributed by atoms with Crippen LogP contribution < -0.4 is 10.6 Å². The van der Waals surface area contributed by atoms with Gasteiger partial charge in [-0.05, 0) is 35.9 Å². The third-order valence-electron chi connectivity index (χ3n) is 6.18. The summed E-state index contributed by atoms with van der Waals surface area (Å²) in [5.74, 6) is -5.39. The number of hydrogen-bond donors (Lipinski definition) is 4. The highest BCUT2D eigenvalue weighted by atomic mass is 32.1. The van der Waals surface area contributed by atoms with E-state index in [0.717, 1.165) is 49.5 Å². The molecule has 0 bridgehead atoms. The normalized spacial score (nSPS) is 16.9. The second-order valence-corrected chi connectivity index (χ2v) is 9.88. The number of pyridine rings is 1. The van der Waals surface area contributed by atoms with E-state index < -0.39 is 29.8 Å². The Morgan fingerprint density at radius 2 is 1.62 bits per heavy atom. The molecule has 4 rings (SSSR count). The summed E-state index contributed by atoms with van der Waals surface area (Å²) < 4.78 is 63.5. The Kier molecular flexibility index (Phi) is 12.2. The summed E-state index contributed by atoms with van der Waals surface area (Å²) in [6, 6.07) is 7.70. The van der Waals surface area contributed by atoms with Gasteiger partial charge in [0.2, 0.25) is 5.91 Å². The summed E-state index contributed by atoms with van der Waals surface area (Å²) in [6.07, 6.45) is -4.93. The van der Waals surface area contributed by atoms with Crippen molar-refractivity contribution < 1.29 is 55.7 Å². The standard InChI is InChI=1S/C20H25N5O2S.2C2HF3O2/c26-18(17-4-2-12-28-17)22-8-11-24-9-5-20(6-10-24)19(27)23-15-25(20)14-16-3-1-7-21-13-16;2*3-2(4,5)1(6)7/h1-4,7,12-13H,5-6,8-11,14-15H2,(H,22,26)(H,23,27);2*(H,6,7). The van der Waals surface area contributed by atoms with Crippen molar-refractivity contribution in [2.45, 2.75) is 37.3 Å². The van der Waals surface area contributed by atoms with Gasteiger partial charge in [-0.15, -0.1) is 11.3 Å². The summed E-state index contributed by atoms with van der Waals surface area (Å²) >= 11 is 1.45. The molecule has 232 valence electrons. The largest absolute Gasteiger partial charge is 0.490 e. The van der Waals surface area contributed by atoms with E-state index >= 15 is 0 Å². The number of piperidine rings is 1. The molecule has 4 N–H and O–H groups in total. The van der Waals surface area contributed by atoms with Crippen LogP contribution in [0.2, 0.25) is 0 Å². The van der Waals surface area contributed by atoms with Gasteiger partial charge in [-0.1, -0.05) is 12.1 Å². The number of aromatic nitrogens is 1. The van der Waals surface area contributed by atoms with Crippen molar-refractivity contribution in [2.75, 3.05) is 32.8 Å². The van der Waals surface area contributed by atoms with Crippen LogP contribution in [0.25, 0.3) is 0 Å². The van der Waals surface area contributed by atoms with Gasteiger partial charge >= 0.3 is 24.3 Å². The van der Waals surface area contributed by atoms with Crippen LogP contribution in [0.3, 0.4) is 0 Å². The number of aliphatic carboxylic acids is 2. The fraction of sp³-hybridized carbons (Fsp3) is 0.458. The number of halogens is 6. The van der Waals surface area contributed by atoms with E-state index in [-0.39, 0.29) is 11.8 Å². The minimum atomic E-state index is -5.08. The molecule has 0 unspecified atom stereocenters. The Hall–Kier alpha value is -3.77. The van der Waals surface area contributed by atoms with E-state index in [0.29, 0.717) is 13.2 Å². The average Bonchev–Trinajstić information content (AvgIpc) is 3.56. The molecule has 2 fully saturated rings. The number of carboxylic acids is 2. The van der Waals surface area contributed by atoms with Gasteiger partial charge < -0.3 is 25.7 Å². The van der Waals surface area contributed by atoms with Crippen molar-refractivity contribution in [2.24, 2.45) is 0 Å². The van der Waals surface area contributed by atoms with Crippen LogP contribution in [0.15, 0.2) is 42.0 Å². The zero-order chi connectivity index (χ0) is 31.6. The van der Waals surface area contributed by atoms with Crippen LogP contribution in [-0.4, -0.2) is 99.5 Å². The van der Waals surface area contributed by atoms with E-state index in [1.807, 2.05) is 29.8 Å². The highest BCUT2D eigenvalue weighted by Crippen LogP contribution is 2.33. The smallest absolute Gasteiger partial charge is 0.475 e. The van der Waals surface area contributed by atoms with Gasteiger partial charge in [0, 0.05) is 45.1 Å². The molecule has 0 aliphatic carbocycles. The number of amides is 2. The van der Waals surface area contributed by atoms with Crippen molar-refractivity contribution in [3.05, 3.63) is 52.5 Å². The van der Waals surface area contributed by atoms with Gasteiger partial charge in [0.05, 0.1) is 11.5 Å². The van der Waals surface area contributed by atoms with Gasteiger partial charge in [0.1, 0.15) is 5.54 Å². The van der Waals surface area contributed by atoms with Crippen molar-refractivity contribution in [3.8, 4) is 0 Å². The second kappa shape index (κ2) is 14.9. The van der Waals surface area contributed by atoms with Gasteiger partial charge in [0.15, 0.2) is 0 Å². The van der Waals surface area contributed by atoms with Crippen LogP contribution in [0, 0.1) is 0 Å². The molecule has 2 aromatic rings. The topological polar surface area (TPSA) is 152 Å². The zero-order valence-corrected chi connectivity index (χ0v) is 22.6. The molecule has 0 atom stereocenters. The molecular weight excluding hydrogens is 600 g/mol. The summed E-state index contributed by atoms with van der Waals surface area (Å²) in [7, 11) is 0. The minimum absolute atomic E-state index is 0.0127. The number of thiophene rings is 1. The van der Waals surface area contributed by atoms with Crippen LogP contribution in [0.1, 0.15) is 28.1 Å². The third kappa shape index (κ3) is 10.3. The monoisotopic (exact) mass is 627 g/mol. The number of carboxylic acid groups (broad SMARTS) is 2. The molecule has 42 heavy (non-hydrogen) atoms. The average molecular weight is 628 g/mol. The third-order valence-corrected chi connectivity index (χ3v) is 7.05. The van der Waals surface area contributed by atoms with Crippen molar-refractivity contribution in [1.82, 2.24) is 25.4 Å². The number of nitrogens with zero attached hydrogens (tertiary/aromatic N) is 3. The molecule has 0 radical (unpaired) electrons. The molecule has 1 spiro atoms. The van der Waals surface area contributed by atoms with Crippen LogP contribution >= 0.6 is 11.3 Å². The SMILES string of the molecule is O=C(NCCN1CCC2(CC1)C(=O)NCN2Cc1cccnc1)c1cccs1.O=C(O)C(F)(F)F.O=C(O)C(F)(F)F. The van der Waals surface area contributed by atoms with Crippen molar-refractivity contribution in [1.29, 1.82) is 0 Å². The number of nitrogens with one attached hydrogen (secondary N) is 2. The molecule has 0 aromatic carbocycles. The first-order valence-corrected chi connectivity index (χ1v) is 13.0. The van der Waals surface area contributed by atoms with E-state index in [1.165, 1.54) is 11.3 Å². The lowest BCUT2D eigenvalue weighted by Crippen LogP contribution is -2.56. The van der Waals surface area contributed by atoms with Gasteiger partial charge in [0.25, 0.3) is 5.91 Å². The molecule has 2 saturated heterocycles. The fourth-order valence-corrected chi connectivity index (χ4v) is 4.70. The molecule has 2 aromatic heterocycles. The first kappa shape index (κ1) is 34.4. The number of rotatable bonds is 6. The van der Waals surface area contributed by atoms with E-state index in [1.54, 1.807) is 6.20 Å². The Morgan fingerprint density at radius 1 is 1.02 bits per heavy atom. The van der Waals surface area contributed by atoms with Crippen LogP contribution in [-0.2, 0) is 20.9 Å². The molecule has 18 heteroatoms. The minimum Gasteiger partial charge on any atom is -0.475 e. The fourth-order valence-electron chi connectivity index (χ4n) is 4.06. The van der Waals surface area contributed by atoms with Gasteiger partial charge in [-0.3, -0.25) is 19.5 Å². The Labute approximate surface area is 239 Å². The lowest BCUT2D eigenvalue weighted by atomic mass is 9.86. The molecule has 2 aliphatic rings. The molecule has 11 nitrogen and oxygen atoms in total. The lowest BCUT2D eigenvalue weighted by Gasteiger charge is -2.42. The van der Waals surface area contributed by atoms with E-state index in [2.05, 4.69) is 31.5 Å². The van der Waals surface area contributed by atoms with Gasteiger partial charge in [-0.25, -0.2) is 9.59 Å². The number of likely N-dealkylation sites (tertiary alicyclic amines) is 1. The first-order chi connectivity index (χ1) is 19.6. The van der Waals surface area contributed by atoms with Crippen LogP contribution in [0.4, 0.5) is 26.3 Å². The molecular formula is C24H27F6N5O6S. The van der Waals surface area contributed by atoms with E-state index in [9.17, 15) is 35.9 Å². The molecule has 0 saturated carbocycles. The van der Waals surface area contributed by atoms with Crippen molar-refractivity contribution >= 4 is 35.1 Å². The number of carbonyl (C=O) groups is 4. The maximum absolute atomic E-state index is 12.7. The first-order valence-electron chi connectivity index (χ1n) is 12.1. The number of alkyl halides is 6. The second-order valence-electron chi connectivity index (χ2n) is 8.94. The number of carbonyl (C=O) groups excluding carboxylic acids is 2. The highest BCUT2D eigenvalue weighted by Gasteiger charge is 2.49. The predicted octanol–water partition coefficient (Wildman–Crippen LogP) is 2.56. The zero-order valence-electron chi connectivity index (χ0n) is 21.7. The lowest BCUT2D eigenvalue weighted by molar-refractivity contribution is -0.193. The quantitative estimate of drug-likeness (QED) is 0.354. The Balaban J connectivity index is 0.000000367. The Bertz CT molecular complexity index is 1160. The van der Waals surface area contributed by atoms with Gasteiger partial charge in [-0.2, -0.15) is 26.3 Å². The highest BCUT2D eigenvalue weighted by molar-refractivity contribution is 7.12. The molecule has 4 heterocycles. The molecule has 2 amide bonds.